The Morgan fingerprint density at radius 1 is 0.943 bits per heavy atom. The molecule has 35 heavy (non-hydrogen) atoms. The maximum absolute atomic E-state index is 13.7. The van der Waals surface area contributed by atoms with Crippen molar-refractivity contribution in [2.75, 3.05) is 0 Å². The fourth-order valence-electron chi connectivity index (χ4n) is 3.82. The summed E-state index contributed by atoms with van der Waals surface area (Å²) in [6, 6.07) is 21.7. The van der Waals surface area contributed by atoms with Gasteiger partial charge in [-0.25, -0.2) is 0 Å². The highest BCUT2D eigenvalue weighted by Gasteiger charge is 2.31. The van der Waals surface area contributed by atoms with Crippen molar-refractivity contribution >= 4 is 29.1 Å². The van der Waals surface area contributed by atoms with Crippen LogP contribution in [0.15, 0.2) is 78.9 Å². The van der Waals surface area contributed by atoms with E-state index in [0.29, 0.717) is 17.0 Å². The lowest BCUT2D eigenvalue weighted by atomic mass is 10.0. The fourth-order valence-corrected chi connectivity index (χ4v) is 3.95. The topological polar surface area (TPSA) is 92.6 Å². The van der Waals surface area contributed by atoms with Crippen molar-refractivity contribution in [3.63, 3.8) is 0 Å². The Balaban J connectivity index is 2.00. The molecule has 0 bridgehead atoms. The van der Waals surface area contributed by atoms with Crippen LogP contribution in [-0.2, 0) is 29.0 Å². The summed E-state index contributed by atoms with van der Waals surface area (Å²) in [6.45, 7) is 3.87. The molecule has 0 saturated heterocycles. The molecular weight excluding hydrogens is 466 g/mol. The van der Waals surface area contributed by atoms with Crippen LogP contribution in [0, 0.1) is 10.1 Å². The van der Waals surface area contributed by atoms with Gasteiger partial charge in [0.2, 0.25) is 11.8 Å². The van der Waals surface area contributed by atoms with Gasteiger partial charge in [-0.05, 0) is 37.1 Å². The number of nitro groups is 1. The lowest BCUT2D eigenvalue weighted by molar-refractivity contribution is -0.385. The molecule has 3 aromatic carbocycles. The first-order valence-corrected chi connectivity index (χ1v) is 11.7. The largest absolute Gasteiger partial charge is 0.352 e. The zero-order chi connectivity index (χ0) is 25.4. The van der Waals surface area contributed by atoms with Crippen molar-refractivity contribution in [2.24, 2.45) is 0 Å². The standard InChI is InChI=1S/C27H28ClN3O4/c1-19(2)29-27(33)25(16-20-8-4-3-5-9-20)30(18-21-12-14-23(28)15-13-21)26(32)17-22-10-6-7-11-24(22)31(34)35/h3-15,19,25H,16-18H2,1-2H3,(H,29,33)/t25-/m1/s1. The molecule has 0 heterocycles. The summed E-state index contributed by atoms with van der Waals surface area (Å²) in [5.74, 6) is -0.664. The van der Waals surface area contributed by atoms with Crippen LogP contribution < -0.4 is 5.32 Å². The van der Waals surface area contributed by atoms with Crippen LogP contribution in [-0.4, -0.2) is 33.7 Å². The minimum absolute atomic E-state index is 0.122. The van der Waals surface area contributed by atoms with Crippen LogP contribution in [0.25, 0.3) is 0 Å². The van der Waals surface area contributed by atoms with Gasteiger partial charge in [-0.2, -0.15) is 0 Å². The molecule has 2 amide bonds. The second-order valence-corrected chi connectivity index (χ2v) is 9.02. The average molecular weight is 494 g/mol. The van der Waals surface area contributed by atoms with E-state index in [9.17, 15) is 19.7 Å². The number of rotatable bonds is 10. The van der Waals surface area contributed by atoms with Gasteiger partial charge in [0, 0.05) is 35.7 Å². The smallest absolute Gasteiger partial charge is 0.273 e. The molecule has 0 aliphatic carbocycles. The Morgan fingerprint density at radius 2 is 1.57 bits per heavy atom. The van der Waals surface area contributed by atoms with Gasteiger partial charge in [0.1, 0.15) is 6.04 Å². The Morgan fingerprint density at radius 3 is 2.20 bits per heavy atom. The molecule has 3 aromatic rings. The van der Waals surface area contributed by atoms with Crippen molar-refractivity contribution in [1.82, 2.24) is 10.2 Å². The highest BCUT2D eigenvalue weighted by atomic mass is 35.5. The number of hydrogen-bond donors (Lipinski definition) is 1. The Kier molecular flexibility index (Phi) is 8.98. The summed E-state index contributed by atoms with van der Waals surface area (Å²) in [6.07, 6.45) is 0.0978. The molecule has 0 radical (unpaired) electrons. The monoisotopic (exact) mass is 493 g/mol. The van der Waals surface area contributed by atoms with Gasteiger partial charge in [-0.1, -0.05) is 72.3 Å². The first-order chi connectivity index (χ1) is 16.7. The number of nitrogens with zero attached hydrogens (tertiary/aromatic N) is 2. The van der Waals surface area contributed by atoms with Crippen LogP contribution >= 0.6 is 11.6 Å². The average Bonchev–Trinajstić information content (AvgIpc) is 2.83. The molecule has 8 heteroatoms. The van der Waals surface area contributed by atoms with Crippen molar-refractivity contribution < 1.29 is 14.5 Å². The molecule has 7 nitrogen and oxygen atoms in total. The second-order valence-electron chi connectivity index (χ2n) is 8.58. The molecule has 3 rings (SSSR count). The van der Waals surface area contributed by atoms with E-state index >= 15 is 0 Å². The number of nitrogens with one attached hydrogen (secondary N) is 1. The van der Waals surface area contributed by atoms with E-state index in [-0.39, 0.29) is 36.5 Å². The zero-order valence-corrected chi connectivity index (χ0v) is 20.4. The third kappa shape index (κ3) is 7.39. The molecule has 0 spiro atoms. The minimum atomic E-state index is -0.814. The van der Waals surface area contributed by atoms with Crippen LogP contribution in [0.4, 0.5) is 5.69 Å². The van der Waals surface area contributed by atoms with Gasteiger partial charge in [0.15, 0.2) is 0 Å². The zero-order valence-electron chi connectivity index (χ0n) is 19.7. The molecule has 1 N–H and O–H groups in total. The van der Waals surface area contributed by atoms with E-state index in [2.05, 4.69) is 5.32 Å². The minimum Gasteiger partial charge on any atom is -0.352 e. The number of benzene rings is 3. The van der Waals surface area contributed by atoms with Crippen molar-refractivity contribution in [3.8, 4) is 0 Å². The first-order valence-electron chi connectivity index (χ1n) is 11.3. The third-order valence-electron chi connectivity index (χ3n) is 5.50. The van der Waals surface area contributed by atoms with E-state index in [4.69, 9.17) is 11.6 Å². The predicted octanol–water partition coefficient (Wildman–Crippen LogP) is 4.96. The molecule has 0 aliphatic rings. The number of nitro benzene ring substituents is 1. The fraction of sp³-hybridized carbons (Fsp3) is 0.259. The third-order valence-corrected chi connectivity index (χ3v) is 5.75. The highest BCUT2D eigenvalue weighted by molar-refractivity contribution is 6.30. The van der Waals surface area contributed by atoms with Gasteiger partial charge in [-0.3, -0.25) is 19.7 Å². The molecule has 0 saturated carbocycles. The van der Waals surface area contributed by atoms with Crippen LogP contribution in [0.2, 0.25) is 5.02 Å². The summed E-state index contributed by atoms with van der Waals surface area (Å²) >= 11 is 6.03. The normalized spacial score (nSPS) is 11.7. The Bertz CT molecular complexity index is 1170. The summed E-state index contributed by atoms with van der Waals surface area (Å²) in [5.41, 5.74) is 1.86. The summed E-state index contributed by atoms with van der Waals surface area (Å²) in [7, 11) is 0. The molecule has 0 unspecified atom stereocenters. The maximum Gasteiger partial charge on any atom is 0.273 e. The van der Waals surface area contributed by atoms with Crippen LogP contribution in [0.5, 0.6) is 0 Å². The van der Waals surface area contributed by atoms with E-state index < -0.39 is 11.0 Å². The SMILES string of the molecule is CC(C)NC(=O)[C@@H](Cc1ccccc1)N(Cc1ccc(Cl)cc1)C(=O)Cc1ccccc1[N+](=O)[O-]. The number of carbonyl (C=O) groups excluding carboxylic acids is 2. The number of para-hydroxylation sites is 1. The van der Waals surface area contributed by atoms with E-state index in [1.807, 2.05) is 44.2 Å². The van der Waals surface area contributed by atoms with Gasteiger partial charge in [-0.15, -0.1) is 0 Å². The van der Waals surface area contributed by atoms with Crippen molar-refractivity contribution in [1.29, 1.82) is 0 Å². The number of hydrogen-bond acceptors (Lipinski definition) is 4. The summed E-state index contributed by atoms with van der Waals surface area (Å²) < 4.78 is 0. The number of halogens is 1. The van der Waals surface area contributed by atoms with E-state index in [1.54, 1.807) is 42.5 Å². The quantitative estimate of drug-likeness (QED) is 0.319. The Hall–Kier alpha value is -3.71. The van der Waals surface area contributed by atoms with Crippen LogP contribution in [0.1, 0.15) is 30.5 Å². The van der Waals surface area contributed by atoms with Gasteiger partial charge in [0.25, 0.3) is 5.69 Å². The van der Waals surface area contributed by atoms with E-state index in [0.717, 1.165) is 11.1 Å². The molecule has 0 fully saturated rings. The first kappa shape index (κ1) is 25.9. The van der Waals surface area contributed by atoms with E-state index in [1.165, 1.54) is 11.0 Å². The molecule has 1 atom stereocenters. The Labute approximate surface area is 209 Å². The van der Waals surface area contributed by atoms with Gasteiger partial charge < -0.3 is 10.2 Å². The predicted molar refractivity (Wildman–Crippen MR) is 136 cm³/mol. The maximum atomic E-state index is 13.7. The molecule has 0 aromatic heterocycles. The second kappa shape index (κ2) is 12.1. The lowest BCUT2D eigenvalue weighted by Crippen LogP contribution is -2.52. The number of amides is 2. The molecular formula is C27H28ClN3O4. The van der Waals surface area contributed by atoms with Crippen molar-refractivity contribution in [3.05, 3.63) is 111 Å². The molecule has 182 valence electrons. The highest BCUT2D eigenvalue weighted by Crippen LogP contribution is 2.22. The van der Waals surface area contributed by atoms with Gasteiger partial charge in [0.05, 0.1) is 11.3 Å². The number of carbonyl (C=O) groups is 2. The van der Waals surface area contributed by atoms with Crippen molar-refractivity contribution in [2.45, 2.75) is 45.3 Å². The summed E-state index contributed by atoms with van der Waals surface area (Å²) in [5, 5.41) is 15.0. The summed E-state index contributed by atoms with van der Waals surface area (Å²) in [4.78, 5) is 39.5. The lowest BCUT2D eigenvalue weighted by Gasteiger charge is -2.32. The van der Waals surface area contributed by atoms with Gasteiger partial charge >= 0.3 is 0 Å². The molecule has 0 aliphatic heterocycles. The van der Waals surface area contributed by atoms with Crippen LogP contribution in [0.3, 0.4) is 0 Å².